The second-order valence-electron chi connectivity index (χ2n) is 2.42. The summed E-state index contributed by atoms with van der Waals surface area (Å²) in [4.78, 5) is 10.6. The van der Waals surface area contributed by atoms with Gasteiger partial charge in [0.1, 0.15) is 0 Å². The quantitative estimate of drug-likeness (QED) is 0.518. The van der Waals surface area contributed by atoms with Crippen molar-refractivity contribution >= 4 is 5.78 Å². The van der Waals surface area contributed by atoms with Crippen molar-refractivity contribution in [2.75, 3.05) is 0 Å². The van der Waals surface area contributed by atoms with Gasteiger partial charge in [0.15, 0.2) is 5.78 Å². The average molecular weight is 122 g/mol. The van der Waals surface area contributed by atoms with E-state index in [1.807, 2.05) is 6.92 Å². The van der Waals surface area contributed by atoms with Crippen LogP contribution in [0.3, 0.4) is 0 Å². The molecule has 0 bridgehead atoms. The van der Waals surface area contributed by atoms with Crippen LogP contribution in [0.15, 0.2) is 23.8 Å². The highest BCUT2D eigenvalue weighted by atomic mass is 16.1. The summed E-state index contributed by atoms with van der Waals surface area (Å²) in [6, 6.07) is 0. The van der Waals surface area contributed by atoms with E-state index in [-0.39, 0.29) is 5.78 Å². The zero-order chi connectivity index (χ0) is 6.85. The van der Waals surface area contributed by atoms with Crippen LogP contribution in [0.25, 0.3) is 0 Å². The predicted molar refractivity (Wildman–Crippen MR) is 37.1 cm³/mol. The minimum absolute atomic E-state index is 0.244. The molecule has 0 N–H and O–H groups in total. The third kappa shape index (κ3) is 1.28. The molecule has 1 aliphatic carbocycles. The van der Waals surface area contributed by atoms with E-state index in [4.69, 9.17) is 0 Å². The highest BCUT2D eigenvalue weighted by Gasteiger charge is 2.10. The topological polar surface area (TPSA) is 17.1 Å². The number of rotatable bonds is 1. The Hall–Kier alpha value is -0.850. The first-order valence-electron chi connectivity index (χ1n) is 3.09. The first-order valence-corrected chi connectivity index (χ1v) is 3.09. The summed E-state index contributed by atoms with van der Waals surface area (Å²) in [6.07, 6.45) is 3.28. The Morgan fingerprint density at radius 2 is 2.33 bits per heavy atom. The maximum Gasteiger partial charge on any atom is 0.156 e. The van der Waals surface area contributed by atoms with Crippen LogP contribution < -0.4 is 0 Å². The number of ketones is 1. The molecule has 0 heterocycles. The minimum Gasteiger partial charge on any atom is -0.295 e. The fraction of sp³-hybridized carbons (Fsp3) is 0.375. The lowest BCUT2D eigenvalue weighted by atomic mass is 10.1. The van der Waals surface area contributed by atoms with E-state index in [1.165, 1.54) is 0 Å². The first-order chi connectivity index (χ1) is 4.20. The van der Waals surface area contributed by atoms with E-state index >= 15 is 0 Å². The van der Waals surface area contributed by atoms with E-state index in [2.05, 4.69) is 6.58 Å². The second-order valence-corrected chi connectivity index (χ2v) is 2.42. The normalized spacial score (nSPS) is 17.9. The van der Waals surface area contributed by atoms with Gasteiger partial charge in [0.2, 0.25) is 0 Å². The van der Waals surface area contributed by atoms with E-state index in [9.17, 15) is 4.79 Å². The van der Waals surface area contributed by atoms with E-state index in [0.29, 0.717) is 6.42 Å². The van der Waals surface area contributed by atoms with Crippen molar-refractivity contribution in [3.63, 3.8) is 0 Å². The van der Waals surface area contributed by atoms with E-state index in [0.717, 1.165) is 17.6 Å². The Bertz CT molecular complexity index is 187. The molecule has 1 heteroatoms. The van der Waals surface area contributed by atoms with Crippen LogP contribution in [0.4, 0.5) is 0 Å². The molecule has 0 saturated heterocycles. The van der Waals surface area contributed by atoms with Crippen molar-refractivity contribution in [1.29, 1.82) is 0 Å². The summed E-state index contributed by atoms with van der Waals surface area (Å²) in [5.41, 5.74) is 2.15. The molecule has 48 valence electrons. The molecule has 1 aliphatic rings. The Morgan fingerprint density at radius 1 is 1.67 bits per heavy atom. The lowest BCUT2D eigenvalue weighted by Crippen LogP contribution is -1.80. The lowest BCUT2D eigenvalue weighted by Gasteiger charge is -1.94. The largest absolute Gasteiger partial charge is 0.295 e. The van der Waals surface area contributed by atoms with Crippen LogP contribution in [0.1, 0.15) is 19.8 Å². The maximum absolute atomic E-state index is 10.6. The standard InChI is InChI=1S/C8H10O/c1-6(2)7-3-4-8(9)5-7/h5H,1,3-4H2,2H3. The number of carbonyl (C=O) groups excluding carboxylic acids is 1. The Kier molecular flexibility index (Phi) is 1.52. The molecule has 0 atom stereocenters. The highest BCUT2D eigenvalue weighted by molar-refractivity contribution is 5.93. The molecule has 0 aromatic heterocycles. The van der Waals surface area contributed by atoms with Crippen LogP contribution in [-0.2, 0) is 4.79 Å². The lowest BCUT2D eigenvalue weighted by molar-refractivity contribution is -0.114. The van der Waals surface area contributed by atoms with Gasteiger partial charge in [-0.2, -0.15) is 0 Å². The Labute approximate surface area is 55.1 Å². The summed E-state index contributed by atoms with van der Waals surface area (Å²) in [5.74, 6) is 0.244. The molecular weight excluding hydrogens is 112 g/mol. The molecule has 0 fully saturated rings. The summed E-state index contributed by atoms with van der Waals surface area (Å²) in [5, 5.41) is 0. The molecule has 0 spiro atoms. The minimum atomic E-state index is 0.244. The fourth-order valence-electron chi connectivity index (χ4n) is 0.933. The third-order valence-electron chi connectivity index (χ3n) is 1.52. The predicted octanol–water partition coefficient (Wildman–Crippen LogP) is 1.85. The fourth-order valence-corrected chi connectivity index (χ4v) is 0.933. The van der Waals surface area contributed by atoms with Crippen LogP contribution >= 0.6 is 0 Å². The summed E-state index contributed by atoms with van der Waals surface area (Å²) < 4.78 is 0. The first kappa shape index (κ1) is 6.27. The molecule has 1 rings (SSSR count). The summed E-state index contributed by atoms with van der Waals surface area (Å²) >= 11 is 0. The molecule has 1 nitrogen and oxygen atoms in total. The number of carbonyl (C=O) groups is 1. The summed E-state index contributed by atoms with van der Waals surface area (Å²) in [6.45, 7) is 5.69. The monoisotopic (exact) mass is 122 g/mol. The summed E-state index contributed by atoms with van der Waals surface area (Å²) in [7, 11) is 0. The van der Waals surface area contributed by atoms with Gasteiger partial charge in [0, 0.05) is 6.42 Å². The smallest absolute Gasteiger partial charge is 0.156 e. The molecule has 0 radical (unpaired) electrons. The SMILES string of the molecule is C=C(C)C1=CC(=O)CC1. The average Bonchev–Trinajstić information content (AvgIpc) is 2.14. The van der Waals surface area contributed by atoms with Gasteiger partial charge in [-0.1, -0.05) is 12.2 Å². The second kappa shape index (κ2) is 2.18. The van der Waals surface area contributed by atoms with Crippen LogP contribution in [0, 0.1) is 0 Å². The maximum atomic E-state index is 10.6. The molecule has 0 unspecified atom stereocenters. The van der Waals surface area contributed by atoms with Crippen LogP contribution in [0.5, 0.6) is 0 Å². The van der Waals surface area contributed by atoms with Gasteiger partial charge in [-0.05, 0) is 25.0 Å². The number of hydrogen-bond acceptors (Lipinski definition) is 1. The number of allylic oxidation sites excluding steroid dienone is 3. The van der Waals surface area contributed by atoms with Gasteiger partial charge < -0.3 is 0 Å². The van der Waals surface area contributed by atoms with Crippen molar-refractivity contribution in [1.82, 2.24) is 0 Å². The van der Waals surface area contributed by atoms with Gasteiger partial charge in [0.05, 0.1) is 0 Å². The molecule has 0 saturated carbocycles. The number of hydrogen-bond donors (Lipinski definition) is 0. The van der Waals surface area contributed by atoms with Gasteiger partial charge in [-0.3, -0.25) is 4.79 Å². The van der Waals surface area contributed by atoms with Gasteiger partial charge in [0.25, 0.3) is 0 Å². The van der Waals surface area contributed by atoms with Gasteiger partial charge >= 0.3 is 0 Å². The van der Waals surface area contributed by atoms with Crippen molar-refractivity contribution in [2.24, 2.45) is 0 Å². The van der Waals surface area contributed by atoms with Crippen molar-refractivity contribution < 1.29 is 4.79 Å². The third-order valence-corrected chi connectivity index (χ3v) is 1.52. The Morgan fingerprint density at radius 3 is 2.56 bits per heavy atom. The zero-order valence-corrected chi connectivity index (χ0v) is 5.61. The van der Waals surface area contributed by atoms with E-state index < -0.39 is 0 Å². The van der Waals surface area contributed by atoms with Crippen LogP contribution in [0.2, 0.25) is 0 Å². The molecule has 0 amide bonds. The van der Waals surface area contributed by atoms with Gasteiger partial charge in [-0.25, -0.2) is 0 Å². The molecule has 0 aliphatic heterocycles. The molecular formula is C8H10O. The molecule has 0 aromatic rings. The van der Waals surface area contributed by atoms with Crippen molar-refractivity contribution in [3.8, 4) is 0 Å². The highest BCUT2D eigenvalue weighted by Crippen LogP contribution is 2.20. The van der Waals surface area contributed by atoms with Crippen molar-refractivity contribution in [2.45, 2.75) is 19.8 Å². The van der Waals surface area contributed by atoms with Gasteiger partial charge in [-0.15, -0.1) is 0 Å². The zero-order valence-electron chi connectivity index (χ0n) is 5.61. The molecule has 0 aromatic carbocycles. The van der Waals surface area contributed by atoms with Crippen molar-refractivity contribution in [3.05, 3.63) is 23.8 Å². The van der Waals surface area contributed by atoms with Crippen LogP contribution in [-0.4, -0.2) is 5.78 Å². The van der Waals surface area contributed by atoms with E-state index in [1.54, 1.807) is 6.08 Å². The molecule has 9 heavy (non-hydrogen) atoms. The Balaban J connectivity index is 2.74.